The molecule has 1 rings (SSSR count). The first-order chi connectivity index (χ1) is 6.55. The van der Waals surface area contributed by atoms with Gasteiger partial charge in [-0.25, -0.2) is 0 Å². The van der Waals surface area contributed by atoms with Gasteiger partial charge < -0.3 is 14.7 Å². The first kappa shape index (κ1) is 11.8. The molecule has 4 nitrogen and oxygen atoms in total. The SMILES string of the molecule is COCCSCC(=O)N1CC(C)(O)C1. The topological polar surface area (TPSA) is 49.8 Å². The first-order valence-electron chi connectivity index (χ1n) is 4.62. The highest BCUT2D eigenvalue weighted by atomic mass is 32.2. The summed E-state index contributed by atoms with van der Waals surface area (Å²) in [6, 6.07) is 0. The van der Waals surface area contributed by atoms with Crippen LogP contribution in [-0.4, -0.2) is 59.8 Å². The van der Waals surface area contributed by atoms with Crippen molar-refractivity contribution in [2.24, 2.45) is 0 Å². The summed E-state index contributed by atoms with van der Waals surface area (Å²) < 4.78 is 4.87. The van der Waals surface area contributed by atoms with E-state index >= 15 is 0 Å². The van der Waals surface area contributed by atoms with E-state index in [9.17, 15) is 9.90 Å². The number of carbonyl (C=O) groups excluding carboxylic acids is 1. The van der Waals surface area contributed by atoms with Gasteiger partial charge in [0.25, 0.3) is 0 Å². The molecule has 1 saturated heterocycles. The summed E-state index contributed by atoms with van der Waals surface area (Å²) in [6.45, 7) is 3.36. The Morgan fingerprint density at radius 2 is 2.29 bits per heavy atom. The number of thioether (sulfide) groups is 1. The first-order valence-corrected chi connectivity index (χ1v) is 5.77. The van der Waals surface area contributed by atoms with Gasteiger partial charge in [-0.1, -0.05) is 0 Å². The van der Waals surface area contributed by atoms with E-state index in [1.54, 1.807) is 30.7 Å². The summed E-state index contributed by atoms with van der Waals surface area (Å²) >= 11 is 1.57. The number of hydrogen-bond donors (Lipinski definition) is 1. The van der Waals surface area contributed by atoms with E-state index in [0.717, 1.165) is 5.75 Å². The van der Waals surface area contributed by atoms with Crippen molar-refractivity contribution in [3.05, 3.63) is 0 Å². The molecular formula is C9H17NO3S. The number of methoxy groups -OCH3 is 1. The van der Waals surface area contributed by atoms with Crippen LogP contribution in [0.1, 0.15) is 6.92 Å². The minimum atomic E-state index is -0.660. The number of rotatable bonds is 5. The van der Waals surface area contributed by atoms with Crippen molar-refractivity contribution in [2.45, 2.75) is 12.5 Å². The fourth-order valence-corrected chi connectivity index (χ4v) is 2.13. The average Bonchev–Trinajstić information content (AvgIpc) is 2.08. The molecule has 14 heavy (non-hydrogen) atoms. The van der Waals surface area contributed by atoms with Crippen LogP contribution < -0.4 is 0 Å². The summed E-state index contributed by atoms with van der Waals surface area (Å²) in [5.41, 5.74) is -0.660. The largest absolute Gasteiger partial charge is 0.386 e. The molecule has 1 heterocycles. The van der Waals surface area contributed by atoms with Crippen LogP contribution >= 0.6 is 11.8 Å². The molecule has 1 amide bonds. The second-order valence-electron chi connectivity index (χ2n) is 3.79. The predicted molar refractivity (Wildman–Crippen MR) is 56.4 cm³/mol. The van der Waals surface area contributed by atoms with E-state index in [1.165, 1.54) is 0 Å². The number of likely N-dealkylation sites (tertiary alicyclic amines) is 1. The molecule has 1 aliphatic heterocycles. The van der Waals surface area contributed by atoms with Crippen LogP contribution in [-0.2, 0) is 9.53 Å². The Bertz CT molecular complexity index is 200. The van der Waals surface area contributed by atoms with Gasteiger partial charge in [-0.3, -0.25) is 4.79 Å². The van der Waals surface area contributed by atoms with E-state index in [0.29, 0.717) is 25.4 Å². The Kier molecular flexibility index (Phi) is 4.22. The van der Waals surface area contributed by atoms with Crippen molar-refractivity contribution < 1.29 is 14.6 Å². The molecule has 0 aliphatic carbocycles. The number of nitrogens with zero attached hydrogens (tertiary/aromatic N) is 1. The molecule has 1 N–H and O–H groups in total. The second-order valence-corrected chi connectivity index (χ2v) is 4.90. The quantitative estimate of drug-likeness (QED) is 0.659. The Hall–Kier alpha value is -0.260. The fourth-order valence-electron chi connectivity index (χ4n) is 1.35. The molecule has 0 aromatic carbocycles. The molecular weight excluding hydrogens is 202 g/mol. The molecule has 1 fully saturated rings. The van der Waals surface area contributed by atoms with Crippen molar-refractivity contribution >= 4 is 17.7 Å². The number of amides is 1. The van der Waals surface area contributed by atoms with Crippen LogP contribution in [0.4, 0.5) is 0 Å². The van der Waals surface area contributed by atoms with Crippen molar-refractivity contribution in [3.63, 3.8) is 0 Å². The predicted octanol–water partition coefficient (Wildman–Crippen LogP) is -0.0408. The Balaban J connectivity index is 2.06. The average molecular weight is 219 g/mol. The van der Waals surface area contributed by atoms with Gasteiger partial charge in [-0.05, 0) is 6.92 Å². The molecule has 0 unspecified atom stereocenters. The smallest absolute Gasteiger partial charge is 0.232 e. The van der Waals surface area contributed by atoms with Gasteiger partial charge in [0, 0.05) is 12.9 Å². The van der Waals surface area contributed by atoms with Crippen molar-refractivity contribution in [2.75, 3.05) is 38.3 Å². The Morgan fingerprint density at radius 3 is 2.79 bits per heavy atom. The maximum Gasteiger partial charge on any atom is 0.232 e. The molecule has 0 spiro atoms. The van der Waals surface area contributed by atoms with Gasteiger partial charge in [0.15, 0.2) is 0 Å². The van der Waals surface area contributed by atoms with Crippen LogP contribution in [0.25, 0.3) is 0 Å². The van der Waals surface area contributed by atoms with Crippen LogP contribution in [0.2, 0.25) is 0 Å². The van der Waals surface area contributed by atoms with Crippen LogP contribution in [0.3, 0.4) is 0 Å². The van der Waals surface area contributed by atoms with E-state index in [-0.39, 0.29) is 5.91 Å². The molecule has 0 atom stereocenters. The van der Waals surface area contributed by atoms with Crippen molar-refractivity contribution in [1.82, 2.24) is 4.90 Å². The molecule has 1 aliphatic rings. The zero-order chi connectivity index (χ0) is 10.6. The van der Waals surface area contributed by atoms with E-state index in [4.69, 9.17) is 4.74 Å². The zero-order valence-electron chi connectivity index (χ0n) is 8.65. The highest BCUT2D eigenvalue weighted by molar-refractivity contribution is 7.99. The van der Waals surface area contributed by atoms with E-state index in [1.807, 2.05) is 0 Å². The third-order valence-electron chi connectivity index (χ3n) is 2.07. The van der Waals surface area contributed by atoms with Crippen LogP contribution in [0.15, 0.2) is 0 Å². The molecule has 0 bridgehead atoms. The normalized spacial score (nSPS) is 19.2. The van der Waals surface area contributed by atoms with Crippen LogP contribution in [0, 0.1) is 0 Å². The second kappa shape index (κ2) is 5.00. The molecule has 0 aromatic rings. The Morgan fingerprint density at radius 1 is 1.64 bits per heavy atom. The minimum Gasteiger partial charge on any atom is -0.386 e. The summed E-state index contributed by atoms with van der Waals surface area (Å²) in [7, 11) is 1.65. The fraction of sp³-hybridized carbons (Fsp3) is 0.889. The zero-order valence-corrected chi connectivity index (χ0v) is 9.47. The number of hydrogen-bond acceptors (Lipinski definition) is 4. The van der Waals surface area contributed by atoms with Crippen molar-refractivity contribution in [3.8, 4) is 0 Å². The number of β-amino-alcohol motifs (C(OH)–C–C–N with tert-alkyl or cyclic N) is 1. The maximum absolute atomic E-state index is 11.4. The molecule has 0 saturated carbocycles. The lowest BCUT2D eigenvalue weighted by atomic mass is 9.97. The number of carbonyl (C=O) groups is 1. The summed E-state index contributed by atoms with van der Waals surface area (Å²) in [6.07, 6.45) is 0. The van der Waals surface area contributed by atoms with Gasteiger partial charge in [0.05, 0.1) is 31.1 Å². The lowest BCUT2D eigenvalue weighted by Gasteiger charge is -2.44. The number of aliphatic hydroxyl groups is 1. The van der Waals surface area contributed by atoms with Gasteiger partial charge in [0.2, 0.25) is 5.91 Å². The minimum absolute atomic E-state index is 0.109. The monoisotopic (exact) mass is 219 g/mol. The van der Waals surface area contributed by atoms with Gasteiger partial charge in [0.1, 0.15) is 0 Å². The van der Waals surface area contributed by atoms with Gasteiger partial charge >= 0.3 is 0 Å². The lowest BCUT2D eigenvalue weighted by molar-refractivity contribution is -0.149. The summed E-state index contributed by atoms with van der Waals surface area (Å²) in [5.74, 6) is 1.43. The van der Waals surface area contributed by atoms with Gasteiger partial charge in [-0.2, -0.15) is 0 Å². The third-order valence-corrected chi connectivity index (χ3v) is 2.98. The highest BCUT2D eigenvalue weighted by Gasteiger charge is 2.38. The van der Waals surface area contributed by atoms with Gasteiger partial charge in [-0.15, -0.1) is 11.8 Å². The van der Waals surface area contributed by atoms with E-state index < -0.39 is 5.60 Å². The standard InChI is InChI=1S/C9H17NO3S/c1-9(12)6-10(7-9)8(11)5-14-4-3-13-2/h12H,3-7H2,1-2H3. The lowest BCUT2D eigenvalue weighted by Crippen LogP contribution is -2.62. The molecule has 0 aromatic heterocycles. The van der Waals surface area contributed by atoms with E-state index in [2.05, 4.69) is 0 Å². The molecule has 0 radical (unpaired) electrons. The Labute approximate surface area is 88.6 Å². The number of ether oxygens (including phenoxy) is 1. The van der Waals surface area contributed by atoms with Crippen LogP contribution in [0.5, 0.6) is 0 Å². The molecule has 82 valence electrons. The third kappa shape index (κ3) is 3.48. The highest BCUT2D eigenvalue weighted by Crippen LogP contribution is 2.20. The summed E-state index contributed by atoms with van der Waals surface area (Å²) in [4.78, 5) is 13.1. The summed E-state index contributed by atoms with van der Waals surface area (Å²) in [5, 5.41) is 9.42. The maximum atomic E-state index is 11.4. The molecule has 5 heteroatoms. The van der Waals surface area contributed by atoms with Crippen molar-refractivity contribution in [1.29, 1.82) is 0 Å².